The maximum absolute atomic E-state index is 15.3. The molecule has 2 saturated heterocycles. The van der Waals surface area contributed by atoms with Gasteiger partial charge in [0.25, 0.3) is 11.8 Å². The van der Waals surface area contributed by atoms with Gasteiger partial charge in [0.1, 0.15) is 23.1 Å². The number of nitrogens with zero attached hydrogens (tertiary/aromatic N) is 2. The Hall–Kier alpha value is -5.94. The van der Waals surface area contributed by atoms with Gasteiger partial charge in [-0.25, -0.2) is 4.39 Å². The Bertz CT molecular complexity index is 2330. The van der Waals surface area contributed by atoms with Crippen LogP contribution in [0.1, 0.15) is 29.5 Å². The number of amides is 4. The summed E-state index contributed by atoms with van der Waals surface area (Å²) in [4.78, 5) is 60.0. The maximum Gasteiger partial charge on any atom is 0.260 e. The van der Waals surface area contributed by atoms with E-state index in [0.29, 0.717) is 39.6 Å². The average molecular weight is 760 g/mol. The molecule has 3 fully saturated rings. The van der Waals surface area contributed by atoms with Gasteiger partial charge in [-0.3, -0.25) is 29.5 Å². The van der Waals surface area contributed by atoms with Crippen LogP contribution in [0, 0.1) is 35.4 Å². The summed E-state index contributed by atoms with van der Waals surface area (Å²) in [5.41, 5.74) is 5.26. The first-order valence-electron chi connectivity index (χ1n) is 18.2. The van der Waals surface area contributed by atoms with Gasteiger partial charge in [0.15, 0.2) is 0 Å². The van der Waals surface area contributed by atoms with Gasteiger partial charge in [-0.05, 0) is 109 Å². The Labute approximate surface area is 320 Å². The molecule has 3 aliphatic heterocycles. The summed E-state index contributed by atoms with van der Waals surface area (Å²) in [7, 11) is 0. The highest BCUT2D eigenvalue weighted by molar-refractivity contribution is 6.30. The molecule has 6 atom stereocenters. The Morgan fingerprint density at radius 2 is 1.58 bits per heavy atom. The number of carbonyl (C=O) groups is 4. The topological polar surface area (TPSA) is 136 Å². The summed E-state index contributed by atoms with van der Waals surface area (Å²) in [5.74, 6) is -5.20. The third-order valence-corrected chi connectivity index (χ3v) is 12.3. The summed E-state index contributed by atoms with van der Waals surface area (Å²) < 4.78 is 20.1. The lowest BCUT2D eigenvalue weighted by Crippen LogP contribution is -2.55. The summed E-state index contributed by atoms with van der Waals surface area (Å²) in [6.45, 7) is 0.158. The zero-order valence-electron chi connectivity index (χ0n) is 29.3. The lowest BCUT2D eigenvalue weighted by Gasteiger charge is -2.51. The van der Waals surface area contributed by atoms with Crippen LogP contribution in [0.2, 0.25) is 5.02 Å². The monoisotopic (exact) mass is 759 g/mol. The molecule has 278 valence electrons. The van der Waals surface area contributed by atoms with Gasteiger partial charge in [-0.1, -0.05) is 47.5 Å². The van der Waals surface area contributed by atoms with Crippen LogP contribution in [0.3, 0.4) is 0 Å². The fraction of sp³-hybridized carbons (Fsp3) is 0.256. The van der Waals surface area contributed by atoms with E-state index in [1.165, 1.54) is 35.2 Å². The van der Waals surface area contributed by atoms with E-state index in [4.69, 9.17) is 16.3 Å². The summed E-state index contributed by atoms with van der Waals surface area (Å²) in [6, 6.07) is 23.6. The first-order valence-corrected chi connectivity index (χ1v) is 18.6. The lowest BCUT2D eigenvalue weighted by molar-refractivity contribution is -0.141. The van der Waals surface area contributed by atoms with Crippen molar-refractivity contribution < 1.29 is 38.5 Å². The highest BCUT2D eigenvalue weighted by Gasteiger charge is 2.70. The fourth-order valence-electron chi connectivity index (χ4n) is 9.66. The number of aromatic hydroxyl groups is 2. The normalized spacial score (nSPS) is 26.8. The molecule has 1 saturated carbocycles. The number of anilines is 1. The number of rotatable bonds is 7. The molecule has 10 nitrogen and oxygen atoms in total. The molecule has 0 spiro atoms. The fourth-order valence-corrected chi connectivity index (χ4v) is 9.79. The number of hydrazine groups is 1. The number of halogens is 2. The molecule has 3 heterocycles. The molecule has 0 bridgehead atoms. The van der Waals surface area contributed by atoms with E-state index in [1.54, 1.807) is 66.9 Å². The lowest BCUT2D eigenvalue weighted by atomic mass is 9.48. The number of nitrogens with one attached hydrogen (secondary N) is 1. The molecule has 12 heteroatoms. The largest absolute Gasteiger partial charge is 0.508 e. The van der Waals surface area contributed by atoms with Crippen molar-refractivity contribution in [2.75, 3.05) is 12.0 Å². The number of imide groups is 2. The van der Waals surface area contributed by atoms with Crippen molar-refractivity contribution in [2.45, 2.75) is 31.1 Å². The van der Waals surface area contributed by atoms with Crippen LogP contribution in [-0.4, -0.2) is 50.3 Å². The van der Waals surface area contributed by atoms with E-state index >= 15 is 4.79 Å². The second-order valence-corrected chi connectivity index (χ2v) is 15.3. The SMILES string of the molecule is O=C1[C@H]2[C@H](CC=C3[C@H](C4=COc5ccc(O)cc5C4)[C@]4(c5ccc(Cl)cc5)C(=O)N(Nc5ccc(F)cc5)C(=O)[C@@H]4C[C@H]32)C(=O)N1CCc1ccc(O)cc1. The molecule has 5 aliphatic rings. The van der Waals surface area contributed by atoms with Crippen molar-refractivity contribution in [2.24, 2.45) is 29.6 Å². The number of phenolic OH excluding ortho intramolecular Hbond substituents is 2. The first kappa shape index (κ1) is 34.8. The van der Waals surface area contributed by atoms with E-state index in [1.807, 2.05) is 6.08 Å². The first-order chi connectivity index (χ1) is 26.5. The molecule has 9 rings (SSSR count). The van der Waals surface area contributed by atoms with Gasteiger partial charge >= 0.3 is 0 Å². The number of hydrogen-bond donors (Lipinski definition) is 3. The quantitative estimate of drug-likeness (QED) is 0.144. The third-order valence-electron chi connectivity index (χ3n) is 12.1. The molecule has 55 heavy (non-hydrogen) atoms. The Morgan fingerprint density at radius 1 is 0.855 bits per heavy atom. The number of fused-ring (bicyclic) bond motifs is 5. The highest BCUT2D eigenvalue weighted by atomic mass is 35.5. The maximum atomic E-state index is 15.3. The minimum atomic E-state index is -1.54. The van der Waals surface area contributed by atoms with Crippen LogP contribution >= 0.6 is 11.6 Å². The van der Waals surface area contributed by atoms with Crippen LogP contribution in [-0.2, 0) is 37.4 Å². The Kier molecular flexibility index (Phi) is 8.30. The van der Waals surface area contributed by atoms with E-state index in [-0.39, 0.29) is 49.1 Å². The predicted octanol–water partition coefficient (Wildman–Crippen LogP) is 6.47. The zero-order chi connectivity index (χ0) is 38.2. The highest BCUT2D eigenvalue weighted by Crippen LogP contribution is 2.63. The smallest absolute Gasteiger partial charge is 0.260 e. The van der Waals surface area contributed by atoms with E-state index in [2.05, 4.69) is 5.43 Å². The van der Waals surface area contributed by atoms with Gasteiger partial charge in [-0.15, -0.1) is 0 Å². The molecule has 0 aromatic heterocycles. The molecular weight excluding hydrogens is 725 g/mol. The number of allylic oxidation sites excluding steroid dienone is 3. The van der Waals surface area contributed by atoms with Crippen molar-refractivity contribution in [3.63, 3.8) is 0 Å². The van der Waals surface area contributed by atoms with Gasteiger partial charge in [0.2, 0.25) is 11.8 Å². The molecule has 4 amide bonds. The number of phenols is 2. The molecular formula is C43H35ClFN3O7. The molecule has 0 unspecified atom stereocenters. The Morgan fingerprint density at radius 3 is 2.33 bits per heavy atom. The minimum absolute atomic E-state index is 0.0411. The summed E-state index contributed by atoms with van der Waals surface area (Å²) >= 11 is 6.39. The van der Waals surface area contributed by atoms with Crippen molar-refractivity contribution >= 4 is 40.9 Å². The summed E-state index contributed by atoms with van der Waals surface area (Å²) in [5, 5.41) is 21.6. The number of ether oxygens (including phenoxy) is 1. The average Bonchev–Trinajstić information content (AvgIpc) is 3.55. The van der Waals surface area contributed by atoms with E-state index in [9.17, 15) is 29.0 Å². The third kappa shape index (κ3) is 5.51. The van der Waals surface area contributed by atoms with Gasteiger partial charge in [0.05, 0.1) is 35.1 Å². The van der Waals surface area contributed by atoms with Crippen LogP contribution < -0.4 is 10.2 Å². The van der Waals surface area contributed by atoms with Gasteiger partial charge in [0, 0.05) is 29.5 Å². The van der Waals surface area contributed by atoms with Gasteiger partial charge in [-0.2, -0.15) is 5.01 Å². The summed E-state index contributed by atoms with van der Waals surface area (Å²) in [6.07, 6.45) is 4.63. The van der Waals surface area contributed by atoms with E-state index < -0.39 is 52.6 Å². The van der Waals surface area contributed by atoms with Crippen LogP contribution in [0.15, 0.2) is 114 Å². The standard InChI is InChI=1S/C43H35ClFN3O7/c44-27-5-3-26(4-6-27)43-35(40(52)48(42(43)54)46-29-9-7-28(45)8-10-29)21-34-32(38(43)25-19-24-20-31(50)13-16-36(24)55-22-25)14-15-33-37(34)41(53)47(39(33)51)18-17-23-1-11-30(49)12-2-23/h1-14,16,20,22,33-35,37-38,46,49-50H,15,17-19,21H2/t33-,34+,35-,37-,38-,43+/m0/s1. The van der Waals surface area contributed by atoms with Crippen molar-refractivity contribution in [1.29, 1.82) is 0 Å². The number of carbonyl (C=O) groups excluding carboxylic acids is 4. The predicted molar refractivity (Wildman–Crippen MR) is 199 cm³/mol. The van der Waals surface area contributed by atoms with Crippen LogP contribution in [0.25, 0.3) is 0 Å². The van der Waals surface area contributed by atoms with Crippen LogP contribution in [0.5, 0.6) is 17.2 Å². The van der Waals surface area contributed by atoms with Crippen molar-refractivity contribution in [1.82, 2.24) is 9.91 Å². The number of likely N-dealkylation sites (tertiary alicyclic amines) is 1. The van der Waals surface area contributed by atoms with Crippen molar-refractivity contribution in [3.05, 3.63) is 142 Å². The van der Waals surface area contributed by atoms with Crippen LogP contribution in [0.4, 0.5) is 10.1 Å². The molecule has 3 N–H and O–H groups in total. The molecule has 2 aliphatic carbocycles. The molecule has 4 aromatic rings. The second-order valence-electron chi connectivity index (χ2n) is 14.9. The zero-order valence-corrected chi connectivity index (χ0v) is 30.1. The Balaban J connectivity index is 1.17. The second kappa shape index (κ2) is 13.1. The number of benzene rings is 4. The van der Waals surface area contributed by atoms with Gasteiger partial charge < -0.3 is 14.9 Å². The van der Waals surface area contributed by atoms with Crippen molar-refractivity contribution in [3.8, 4) is 17.2 Å². The number of hydrogen-bond acceptors (Lipinski definition) is 8. The minimum Gasteiger partial charge on any atom is -0.508 e. The molecule has 4 aromatic carbocycles. The molecule has 0 radical (unpaired) electrons. The van der Waals surface area contributed by atoms with E-state index in [0.717, 1.165) is 16.1 Å².